The van der Waals surface area contributed by atoms with Crippen molar-refractivity contribution in [2.24, 2.45) is 0 Å². The molecule has 0 spiro atoms. The molecule has 1 heterocycles. The number of anilines is 1. The zero-order valence-electron chi connectivity index (χ0n) is 15.3. The first kappa shape index (κ1) is 18.8. The summed E-state index contributed by atoms with van der Waals surface area (Å²) >= 11 is 0. The first-order valence-corrected chi connectivity index (χ1v) is 9.44. The maximum Gasteiger partial charge on any atom is 0.416 e. The van der Waals surface area contributed by atoms with E-state index in [4.69, 9.17) is 0 Å². The van der Waals surface area contributed by atoms with Crippen molar-refractivity contribution in [2.45, 2.75) is 37.5 Å². The lowest BCUT2D eigenvalue weighted by atomic mass is 9.87. The summed E-state index contributed by atoms with van der Waals surface area (Å²) in [4.78, 5) is 13.9. The fraction of sp³-hybridized carbons (Fsp3) is 0.381. The molecule has 0 saturated carbocycles. The van der Waals surface area contributed by atoms with Gasteiger partial charge in [-0.1, -0.05) is 24.3 Å². The Kier molecular flexibility index (Phi) is 5.02. The third kappa shape index (κ3) is 4.14. The molecule has 148 valence electrons. The fourth-order valence-corrected chi connectivity index (χ4v) is 3.87. The number of amides is 2. The molecule has 2 aromatic carbocycles. The first-order chi connectivity index (χ1) is 13.4. The number of halogens is 3. The zero-order chi connectivity index (χ0) is 19.7. The van der Waals surface area contributed by atoms with Crippen LogP contribution in [0, 0.1) is 0 Å². The molecule has 0 radical (unpaired) electrons. The Morgan fingerprint density at radius 2 is 1.64 bits per heavy atom. The van der Waals surface area contributed by atoms with Gasteiger partial charge in [-0.05, 0) is 54.7 Å². The SMILES string of the molecule is O=C(Nc1ccc(C(F)(F)F)cc1)N1CC(NC2CCc3ccccc3C2)C1. The smallest absolute Gasteiger partial charge is 0.321 e. The van der Waals surface area contributed by atoms with E-state index in [0.717, 1.165) is 31.4 Å². The van der Waals surface area contributed by atoms with E-state index in [9.17, 15) is 18.0 Å². The van der Waals surface area contributed by atoms with Crippen LogP contribution < -0.4 is 10.6 Å². The van der Waals surface area contributed by atoms with E-state index in [-0.39, 0.29) is 12.1 Å². The maximum absolute atomic E-state index is 12.6. The summed E-state index contributed by atoms with van der Waals surface area (Å²) in [6, 6.07) is 13.4. The van der Waals surface area contributed by atoms with Crippen LogP contribution in [0.15, 0.2) is 48.5 Å². The van der Waals surface area contributed by atoms with E-state index < -0.39 is 11.7 Å². The van der Waals surface area contributed by atoms with Crippen LogP contribution in [-0.2, 0) is 19.0 Å². The van der Waals surface area contributed by atoms with Crippen LogP contribution in [-0.4, -0.2) is 36.1 Å². The summed E-state index contributed by atoms with van der Waals surface area (Å²) in [5.74, 6) is 0. The Hall–Kier alpha value is -2.54. The molecule has 1 unspecified atom stereocenters. The number of carbonyl (C=O) groups excluding carboxylic acids is 1. The second-order valence-electron chi connectivity index (χ2n) is 7.48. The number of fused-ring (bicyclic) bond motifs is 1. The largest absolute Gasteiger partial charge is 0.416 e. The van der Waals surface area contributed by atoms with Crippen molar-refractivity contribution >= 4 is 11.7 Å². The summed E-state index contributed by atoms with van der Waals surface area (Å²) in [6.45, 7) is 1.20. The Bertz CT molecular complexity index is 845. The van der Waals surface area contributed by atoms with Crippen molar-refractivity contribution in [3.63, 3.8) is 0 Å². The van der Waals surface area contributed by atoms with Crippen molar-refractivity contribution in [3.8, 4) is 0 Å². The highest BCUT2D eigenvalue weighted by atomic mass is 19.4. The molecule has 7 heteroatoms. The number of nitrogens with one attached hydrogen (secondary N) is 2. The highest BCUT2D eigenvalue weighted by Gasteiger charge is 2.33. The van der Waals surface area contributed by atoms with Crippen molar-refractivity contribution in [1.29, 1.82) is 0 Å². The number of urea groups is 1. The molecule has 2 amide bonds. The van der Waals surface area contributed by atoms with Crippen LogP contribution in [0.5, 0.6) is 0 Å². The Morgan fingerprint density at radius 3 is 2.32 bits per heavy atom. The Labute approximate surface area is 161 Å². The highest BCUT2D eigenvalue weighted by Crippen LogP contribution is 2.30. The van der Waals surface area contributed by atoms with Gasteiger partial charge in [-0.3, -0.25) is 0 Å². The van der Waals surface area contributed by atoms with Gasteiger partial charge >= 0.3 is 12.2 Å². The predicted molar refractivity (Wildman–Crippen MR) is 101 cm³/mol. The van der Waals surface area contributed by atoms with Gasteiger partial charge in [0.1, 0.15) is 0 Å². The van der Waals surface area contributed by atoms with Crippen LogP contribution in [0.2, 0.25) is 0 Å². The molecule has 1 aliphatic carbocycles. The van der Waals surface area contributed by atoms with E-state index in [0.29, 0.717) is 24.8 Å². The van der Waals surface area contributed by atoms with Crippen LogP contribution in [0.25, 0.3) is 0 Å². The van der Waals surface area contributed by atoms with E-state index in [1.807, 2.05) is 0 Å². The van der Waals surface area contributed by atoms with Gasteiger partial charge in [-0.15, -0.1) is 0 Å². The number of alkyl halides is 3. The van der Waals surface area contributed by atoms with E-state index in [1.54, 1.807) is 4.90 Å². The fourth-order valence-electron chi connectivity index (χ4n) is 3.87. The summed E-state index contributed by atoms with van der Waals surface area (Å²) in [7, 11) is 0. The van der Waals surface area contributed by atoms with Gasteiger partial charge in [-0.25, -0.2) is 4.79 Å². The Balaban J connectivity index is 1.23. The number of rotatable bonds is 3. The summed E-state index contributed by atoms with van der Waals surface area (Å²) in [6.07, 6.45) is -1.22. The van der Waals surface area contributed by atoms with Crippen molar-refractivity contribution < 1.29 is 18.0 Å². The number of aryl methyl sites for hydroxylation is 1. The van der Waals surface area contributed by atoms with E-state index in [2.05, 4.69) is 34.9 Å². The molecule has 28 heavy (non-hydrogen) atoms. The average molecular weight is 389 g/mol. The number of nitrogens with zero attached hydrogens (tertiary/aromatic N) is 1. The second-order valence-corrected chi connectivity index (χ2v) is 7.48. The van der Waals surface area contributed by atoms with Crippen LogP contribution in [0.4, 0.5) is 23.7 Å². The molecule has 2 aliphatic rings. The van der Waals surface area contributed by atoms with Crippen molar-refractivity contribution in [2.75, 3.05) is 18.4 Å². The van der Waals surface area contributed by atoms with Crippen LogP contribution in [0.3, 0.4) is 0 Å². The summed E-state index contributed by atoms with van der Waals surface area (Å²) in [5, 5.41) is 6.27. The molecule has 1 saturated heterocycles. The molecule has 1 fully saturated rings. The van der Waals surface area contributed by atoms with Crippen LogP contribution in [0.1, 0.15) is 23.1 Å². The maximum atomic E-state index is 12.6. The molecule has 4 rings (SSSR count). The monoisotopic (exact) mass is 389 g/mol. The molecule has 4 nitrogen and oxygen atoms in total. The summed E-state index contributed by atoms with van der Waals surface area (Å²) in [5.41, 5.74) is 2.44. The molecule has 2 N–H and O–H groups in total. The molecule has 1 aliphatic heterocycles. The van der Waals surface area contributed by atoms with Gasteiger partial charge in [0.15, 0.2) is 0 Å². The highest BCUT2D eigenvalue weighted by molar-refractivity contribution is 5.89. The van der Waals surface area contributed by atoms with Gasteiger partial charge in [-0.2, -0.15) is 13.2 Å². The standard InChI is InChI=1S/C21H22F3N3O/c22-21(23,24)16-6-9-17(10-7-16)26-20(28)27-12-19(13-27)25-18-8-5-14-3-1-2-4-15(14)11-18/h1-4,6-7,9-10,18-19,25H,5,8,11-13H2,(H,26,28). The second kappa shape index (κ2) is 7.47. The minimum atomic E-state index is -4.38. The Morgan fingerprint density at radius 1 is 0.964 bits per heavy atom. The lowest BCUT2D eigenvalue weighted by Crippen LogP contribution is -2.63. The number of hydrogen-bond acceptors (Lipinski definition) is 2. The topological polar surface area (TPSA) is 44.4 Å². The van der Waals surface area contributed by atoms with E-state index >= 15 is 0 Å². The quantitative estimate of drug-likeness (QED) is 0.831. The molecular formula is C21H22F3N3O. The first-order valence-electron chi connectivity index (χ1n) is 9.44. The number of benzene rings is 2. The van der Waals surface area contributed by atoms with Gasteiger partial charge in [0.05, 0.1) is 5.56 Å². The number of carbonyl (C=O) groups is 1. The van der Waals surface area contributed by atoms with Crippen molar-refractivity contribution in [1.82, 2.24) is 10.2 Å². The molecule has 0 aromatic heterocycles. The van der Waals surface area contributed by atoms with Crippen LogP contribution >= 0.6 is 0 Å². The minimum absolute atomic E-state index is 0.258. The number of hydrogen-bond donors (Lipinski definition) is 2. The minimum Gasteiger partial charge on any atom is -0.321 e. The lowest BCUT2D eigenvalue weighted by molar-refractivity contribution is -0.137. The third-order valence-corrected chi connectivity index (χ3v) is 5.45. The van der Waals surface area contributed by atoms with Gasteiger partial charge in [0.2, 0.25) is 0 Å². The average Bonchev–Trinajstić information content (AvgIpc) is 2.64. The zero-order valence-corrected chi connectivity index (χ0v) is 15.3. The summed E-state index contributed by atoms with van der Waals surface area (Å²) < 4.78 is 37.8. The molecule has 1 atom stereocenters. The number of likely N-dealkylation sites (tertiary alicyclic amines) is 1. The third-order valence-electron chi connectivity index (χ3n) is 5.45. The van der Waals surface area contributed by atoms with Gasteiger partial charge in [0.25, 0.3) is 0 Å². The predicted octanol–water partition coefficient (Wildman–Crippen LogP) is 4.07. The molecular weight excluding hydrogens is 367 g/mol. The van der Waals surface area contributed by atoms with Crippen molar-refractivity contribution in [3.05, 3.63) is 65.2 Å². The lowest BCUT2D eigenvalue weighted by Gasteiger charge is -2.42. The molecule has 2 aromatic rings. The molecule has 0 bridgehead atoms. The normalized spacial score (nSPS) is 19.7. The van der Waals surface area contributed by atoms with Gasteiger partial charge < -0.3 is 15.5 Å². The van der Waals surface area contributed by atoms with Gasteiger partial charge in [0, 0.05) is 30.9 Å². The van der Waals surface area contributed by atoms with E-state index in [1.165, 1.54) is 23.3 Å².